The Balaban J connectivity index is 1.52. The van der Waals surface area contributed by atoms with Crippen LogP contribution in [0.4, 0.5) is 0 Å². The van der Waals surface area contributed by atoms with Crippen LogP contribution in [0.3, 0.4) is 0 Å². The Morgan fingerprint density at radius 2 is 2.32 bits per heavy atom. The molecule has 1 saturated heterocycles. The Bertz CT molecular complexity index is 601. The molecular weight excluding hydrogens is 300 g/mol. The third kappa shape index (κ3) is 3.56. The van der Waals surface area contributed by atoms with Gasteiger partial charge in [0.25, 0.3) is 0 Å². The normalized spacial score (nSPS) is 16.8. The van der Waals surface area contributed by atoms with Crippen molar-refractivity contribution in [1.82, 2.24) is 9.88 Å². The number of rotatable bonds is 5. The van der Waals surface area contributed by atoms with E-state index in [1.165, 1.54) is 0 Å². The second-order valence-corrected chi connectivity index (χ2v) is 6.37. The summed E-state index contributed by atoms with van der Waals surface area (Å²) < 4.78 is 10.6. The number of esters is 1. The standard InChI is InChI=1S/C16H20N2O3S/c1-2-20-16(19)12-5-7-18(8-6-12)10-13-11-21-15(17-13)14-4-3-9-22-14/h3-4,9,11-12H,2,5-8,10H2,1H3. The molecule has 22 heavy (non-hydrogen) atoms. The van der Waals surface area contributed by atoms with Crippen LogP contribution in [0, 0.1) is 5.92 Å². The van der Waals surface area contributed by atoms with Crippen LogP contribution < -0.4 is 0 Å². The second kappa shape index (κ2) is 7.07. The molecule has 3 rings (SSSR count). The monoisotopic (exact) mass is 320 g/mol. The van der Waals surface area contributed by atoms with Gasteiger partial charge >= 0.3 is 5.97 Å². The Labute approximate surface area is 133 Å². The molecule has 2 aromatic rings. The summed E-state index contributed by atoms with van der Waals surface area (Å²) in [5.41, 5.74) is 0.943. The molecule has 0 aliphatic carbocycles. The van der Waals surface area contributed by atoms with Crippen molar-refractivity contribution in [2.75, 3.05) is 19.7 Å². The predicted molar refractivity (Wildman–Crippen MR) is 84.5 cm³/mol. The van der Waals surface area contributed by atoms with Gasteiger partial charge in [0.1, 0.15) is 6.26 Å². The molecule has 118 valence electrons. The summed E-state index contributed by atoms with van der Waals surface area (Å²) in [7, 11) is 0. The van der Waals surface area contributed by atoms with Crippen molar-refractivity contribution in [2.45, 2.75) is 26.3 Å². The highest BCUT2D eigenvalue weighted by molar-refractivity contribution is 7.13. The van der Waals surface area contributed by atoms with Crippen molar-refractivity contribution in [1.29, 1.82) is 0 Å². The Kier molecular flexibility index (Phi) is 4.90. The van der Waals surface area contributed by atoms with Gasteiger partial charge in [0, 0.05) is 6.54 Å². The van der Waals surface area contributed by atoms with Crippen molar-refractivity contribution < 1.29 is 13.9 Å². The van der Waals surface area contributed by atoms with E-state index >= 15 is 0 Å². The molecule has 2 aromatic heterocycles. The highest BCUT2D eigenvalue weighted by Crippen LogP contribution is 2.25. The van der Waals surface area contributed by atoms with E-state index in [1.54, 1.807) is 17.6 Å². The molecule has 0 atom stereocenters. The minimum atomic E-state index is -0.0523. The van der Waals surface area contributed by atoms with E-state index in [0.29, 0.717) is 12.5 Å². The van der Waals surface area contributed by atoms with Crippen LogP contribution in [0.15, 0.2) is 28.2 Å². The smallest absolute Gasteiger partial charge is 0.309 e. The fourth-order valence-corrected chi connectivity index (χ4v) is 3.36. The third-order valence-electron chi connectivity index (χ3n) is 3.88. The topological polar surface area (TPSA) is 55.6 Å². The molecular formula is C16H20N2O3S. The summed E-state index contributed by atoms with van der Waals surface area (Å²) in [6, 6.07) is 4.00. The van der Waals surface area contributed by atoms with Gasteiger partial charge in [-0.05, 0) is 44.3 Å². The van der Waals surface area contributed by atoms with Crippen molar-refractivity contribution in [3.8, 4) is 10.8 Å². The van der Waals surface area contributed by atoms with Crippen molar-refractivity contribution in [3.63, 3.8) is 0 Å². The largest absolute Gasteiger partial charge is 0.466 e. The summed E-state index contributed by atoms with van der Waals surface area (Å²) in [5, 5.41) is 2.01. The quantitative estimate of drug-likeness (QED) is 0.792. The van der Waals surface area contributed by atoms with Gasteiger partial charge in [-0.2, -0.15) is 0 Å². The molecule has 0 unspecified atom stereocenters. The first kappa shape index (κ1) is 15.2. The van der Waals surface area contributed by atoms with Crippen molar-refractivity contribution in [3.05, 3.63) is 29.5 Å². The first-order valence-electron chi connectivity index (χ1n) is 7.63. The number of likely N-dealkylation sites (tertiary alicyclic amines) is 1. The maximum absolute atomic E-state index is 11.7. The van der Waals surface area contributed by atoms with E-state index in [0.717, 1.165) is 43.0 Å². The number of thiophene rings is 1. The Hall–Kier alpha value is -1.66. The molecule has 0 spiro atoms. The van der Waals surface area contributed by atoms with Crippen LogP contribution in [-0.4, -0.2) is 35.5 Å². The lowest BCUT2D eigenvalue weighted by Gasteiger charge is -2.30. The minimum Gasteiger partial charge on any atom is -0.466 e. The Morgan fingerprint density at radius 1 is 1.50 bits per heavy atom. The van der Waals surface area contributed by atoms with Gasteiger partial charge in [0.05, 0.1) is 23.1 Å². The second-order valence-electron chi connectivity index (χ2n) is 5.42. The van der Waals surface area contributed by atoms with Crippen LogP contribution in [0.1, 0.15) is 25.5 Å². The van der Waals surface area contributed by atoms with Crippen LogP contribution in [0.25, 0.3) is 10.8 Å². The van der Waals surface area contributed by atoms with Gasteiger partial charge in [0.2, 0.25) is 5.89 Å². The number of carbonyl (C=O) groups excluding carboxylic acids is 1. The molecule has 1 aliphatic heterocycles. The number of carbonyl (C=O) groups is 1. The number of aromatic nitrogens is 1. The lowest BCUT2D eigenvalue weighted by Crippen LogP contribution is -2.36. The van der Waals surface area contributed by atoms with E-state index < -0.39 is 0 Å². The molecule has 3 heterocycles. The zero-order valence-electron chi connectivity index (χ0n) is 12.7. The summed E-state index contributed by atoms with van der Waals surface area (Å²) in [5.74, 6) is 0.685. The maximum atomic E-state index is 11.7. The lowest BCUT2D eigenvalue weighted by atomic mass is 9.97. The van der Waals surface area contributed by atoms with E-state index in [4.69, 9.17) is 9.15 Å². The van der Waals surface area contributed by atoms with E-state index in [-0.39, 0.29) is 11.9 Å². The van der Waals surface area contributed by atoms with Gasteiger partial charge in [-0.15, -0.1) is 11.3 Å². The van der Waals surface area contributed by atoms with Crippen LogP contribution in [0.5, 0.6) is 0 Å². The summed E-state index contributed by atoms with van der Waals surface area (Å²) >= 11 is 1.62. The first-order valence-corrected chi connectivity index (χ1v) is 8.51. The van der Waals surface area contributed by atoms with E-state index in [1.807, 2.05) is 24.4 Å². The molecule has 1 fully saturated rings. The van der Waals surface area contributed by atoms with Gasteiger partial charge in [-0.3, -0.25) is 9.69 Å². The molecule has 0 amide bonds. The number of nitrogens with zero attached hydrogens (tertiary/aromatic N) is 2. The SMILES string of the molecule is CCOC(=O)C1CCN(Cc2coc(-c3cccs3)n2)CC1. The highest BCUT2D eigenvalue weighted by Gasteiger charge is 2.26. The number of hydrogen-bond donors (Lipinski definition) is 0. The van der Waals surface area contributed by atoms with Gasteiger partial charge in [-0.25, -0.2) is 4.98 Å². The fraction of sp³-hybridized carbons (Fsp3) is 0.500. The summed E-state index contributed by atoms with van der Waals surface area (Å²) in [6.07, 6.45) is 3.44. The lowest BCUT2D eigenvalue weighted by molar-refractivity contribution is -0.149. The zero-order chi connectivity index (χ0) is 15.4. The average Bonchev–Trinajstić information content (AvgIpc) is 3.19. The molecule has 0 saturated carbocycles. The van der Waals surface area contributed by atoms with Crippen molar-refractivity contribution >= 4 is 17.3 Å². The minimum absolute atomic E-state index is 0.0511. The highest BCUT2D eigenvalue weighted by atomic mass is 32.1. The van der Waals surface area contributed by atoms with Gasteiger partial charge in [0.15, 0.2) is 0 Å². The molecule has 0 aromatic carbocycles. The van der Waals surface area contributed by atoms with Gasteiger partial charge in [-0.1, -0.05) is 6.07 Å². The molecule has 5 nitrogen and oxygen atoms in total. The van der Waals surface area contributed by atoms with E-state index in [2.05, 4.69) is 9.88 Å². The summed E-state index contributed by atoms with van der Waals surface area (Å²) in [4.78, 5) is 19.6. The molecule has 0 bridgehead atoms. The van der Waals surface area contributed by atoms with Crippen LogP contribution >= 0.6 is 11.3 Å². The number of hydrogen-bond acceptors (Lipinski definition) is 6. The Morgan fingerprint density at radius 3 is 3.00 bits per heavy atom. The zero-order valence-corrected chi connectivity index (χ0v) is 13.5. The molecule has 0 N–H and O–H groups in total. The summed E-state index contributed by atoms with van der Waals surface area (Å²) in [6.45, 7) is 4.87. The number of piperidine rings is 1. The van der Waals surface area contributed by atoms with Crippen LogP contribution in [0.2, 0.25) is 0 Å². The van der Waals surface area contributed by atoms with Gasteiger partial charge < -0.3 is 9.15 Å². The predicted octanol–water partition coefficient (Wildman–Crippen LogP) is 3.18. The van der Waals surface area contributed by atoms with E-state index in [9.17, 15) is 4.79 Å². The number of oxazole rings is 1. The first-order chi connectivity index (χ1) is 10.8. The average molecular weight is 320 g/mol. The molecule has 6 heteroatoms. The number of ether oxygens (including phenoxy) is 1. The van der Waals surface area contributed by atoms with Crippen molar-refractivity contribution in [2.24, 2.45) is 5.92 Å². The maximum Gasteiger partial charge on any atom is 0.309 e. The third-order valence-corrected chi connectivity index (χ3v) is 4.73. The molecule has 0 radical (unpaired) electrons. The van der Waals surface area contributed by atoms with Crippen LogP contribution in [-0.2, 0) is 16.1 Å². The molecule has 1 aliphatic rings. The fourth-order valence-electron chi connectivity index (χ4n) is 2.71.